The largest absolute Gasteiger partial charge is 0.381 e. The summed E-state index contributed by atoms with van der Waals surface area (Å²) in [5, 5.41) is 3.90. The smallest absolute Gasteiger partial charge is 0.0741 e. The Kier molecular flexibility index (Phi) is 3.13. The molecule has 0 bridgehead atoms. The van der Waals surface area contributed by atoms with Gasteiger partial charge in [-0.3, -0.25) is 0 Å². The van der Waals surface area contributed by atoms with Gasteiger partial charge in [0.15, 0.2) is 0 Å². The first-order chi connectivity index (χ1) is 9.30. The average Bonchev–Trinajstić information content (AvgIpc) is 3.29. The summed E-state index contributed by atoms with van der Waals surface area (Å²) < 4.78 is 11.6. The van der Waals surface area contributed by atoms with Crippen molar-refractivity contribution in [2.75, 3.05) is 26.4 Å². The van der Waals surface area contributed by atoms with E-state index in [-0.39, 0.29) is 5.60 Å². The molecule has 3 heteroatoms. The Labute approximate surface area is 116 Å². The molecule has 0 aromatic rings. The molecule has 2 heterocycles. The van der Waals surface area contributed by atoms with Crippen molar-refractivity contribution in [3.05, 3.63) is 0 Å². The molecule has 0 aromatic carbocycles. The van der Waals surface area contributed by atoms with Crippen molar-refractivity contribution >= 4 is 0 Å². The summed E-state index contributed by atoms with van der Waals surface area (Å²) in [6, 6.07) is 0.683. The summed E-state index contributed by atoms with van der Waals surface area (Å²) in [6.45, 7) is 3.99. The molecule has 2 saturated heterocycles. The van der Waals surface area contributed by atoms with Crippen LogP contribution in [0.25, 0.3) is 0 Å². The Morgan fingerprint density at radius 2 is 1.74 bits per heavy atom. The monoisotopic (exact) mass is 265 g/mol. The van der Waals surface area contributed by atoms with Crippen LogP contribution in [0.15, 0.2) is 0 Å². The van der Waals surface area contributed by atoms with Crippen LogP contribution in [0.1, 0.15) is 51.4 Å². The van der Waals surface area contributed by atoms with E-state index in [1.807, 2.05) is 0 Å². The maximum absolute atomic E-state index is 6.12. The van der Waals surface area contributed by atoms with Gasteiger partial charge < -0.3 is 14.8 Å². The van der Waals surface area contributed by atoms with Gasteiger partial charge in [0, 0.05) is 32.4 Å². The summed E-state index contributed by atoms with van der Waals surface area (Å²) >= 11 is 0. The zero-order chi connectivity index (χ0) is 12.8. The summed E-state index contributed by atoms with van der Waals surface area (Å²) in [4.78, 5) is 0. The molecule has 1 atom stereocenters. The van der Waals surface area contributed by atoms with E-state index in [1.54, 1.807) is 0 Å². The van der Waals surface area contributed by atoms with Gasteiger partial charge in [-0.05, 0) is 62.7 Å². The Balaban J connectivity index is 1.31. The molecule has 19 heavy (non-hydrogen) atoms. The van der Waals surface area contributed by atoms with Crippen molar-refractivity contribution in [1.29, 1.82) is 0 Å². The highest BCUT2D eigenvalue weighted by Crippen LogP contribution is 2.60. The van der Waals surface area contributed by atoms with Gasteiger partial charge in [-0.1, -0.05) is 0 Å². The molecule has 1 N–H and O–H groups in total. The first-order valence-electron chi connectivity index (χ1n) is 8.26. The summed E-state index contributed by atoms with van der Waals surface area (Å²) in [7, 11) is 0. The van der Waals surface area contributed by atoms with Crippen molar-refractivity contribution in [2.24, 2.45) is 11.3 Å². The summed E-state index contributed by atoms with van der Waals surface area (Å²) in [5.74, 6) is 1.07. The first kappa shape index (κ1) is 12.6. The molecule has 4 fully saturated rings. The number of ether oxygens (including phenoxy) is 2. The molecule has 2 aliphatic carbocycles. The Bertz CT molecular complexity index is 324. The maximum Gasteiger partial charge on any atom is 0.0741 e. The zero-order valence-corrected chi connectivity index (χ0v) is 12.0. The van der Waals surface area contributed by atoms with E-state index in [0.717, 1.165) is 44.0 Å². The van der Waals surface area contributed by atoms with Crippen molar-refractivity contribution in [3.8, 4) is 0 Å². The summed E-state index contributed by atoms with van der Waals surface area (Å²) in [5.41, 5.74) is 0.867. The predicted molar refractivity (Wildman–Crippen MR) is 74.2 cm³/mol. The fourth-order valence-electron chi connectivity index (χ4n) is 4.23. The van der Waals surface area contributed by atoms with Crippen molar-refractivity contribution in [3.63, 3.8) is 0 Å². The van der Waals surface area contributed by atoms with Gasteiger partial charge in [0.2, 0.25) is 0 Å². The van der Waals surface area contributed by atoms with Crippen molar-refractivity contribution in [1.82, 2.24) is 5.32 Å². The van der Waals surface area contributed by atoms with E-state index < -0.39 is 0 Å². The highest BCUT2D eigenvalue weighted by Gasteiger charge is 2.53. The van der Waals surface area contributed by atoms with Gasteiger partial charge in [0.25, 0.3) is 0 Å². The van der Waals surface area contributed by atoms with Crippen LogP contribution in [-0.2, 0) is 9.47 Å². The first-order valence-corrected chi connectivity index (χ1v) is 8.26. The van der Waals surface area contributed by atoms with E-state index >= 15 is 0 Å². The second kappa shape index (κ2) is 4.71. The third kappa shape index (κ3) is 2.57. The molecule has 2 saturated carbocycles. The third-order valence-corrected chi connectivity index (χ3v) is 5.98. The van der Waals surface area contributed by atoms with Crippen LogP contribution in [-0.4, -0.2) is 38.0 Å². The topological polar surface area (TPSA) is 30.5 Å². The zero-order valence-electron chi connectivity index (χ0n) is 12.0. The maximum atomic E-state index is 6.12. The van der Waals surface area contributed by atoms with Gasteiger partial charge in [-0.2, -0.15) is 0 Å². The minimum Gasteiger partial charge on any atom is -0.381 e. The standard InChI is InChI=1S/C16H27NO2/c1-2-13(1)15(4-5-15)12-17-14-3-8-19-16(11-14)6-9-18-10-7-16/h13-14,17H,1-12H2. The SMILES string of the molecule is C1CC2(CCO1)CC(NCC1(C3CC3)CC1)CCO2. The van der Waals surface area contributed by atoms with Crippen molar-refractivity contribution < 1.29 is 9.47 Å². The lowest BCUT2D eigenvalue weighted by Gasteiger charge is -2.43. The van der Waals surface area contributed by atoms with E-state index in [1.165, 1.54) is 45.1 Å². The second-order valence-corrected chi connectivity index (χ2v) is 7.35. The van der Waals surface area contributed by atoms with E-state index in [2.05, 4.69) is 5.32 Å². The predicted octanol–water partition coefficient (Wildman–Crippen LogP) is 2.49. The quantitative estimate of drug-likeness (QED) is 0.847. The normalized spacial score (nSPS) is 36.3. The van der Waals surface area contributed by atoms with Crippen LogP contribution in [0.2, 0.25) is 0 Å². The number of rotatable bonds is 4. The molecule has 4 rings (SSSR count). The van der Waals surface area contributed by atoms with E-state index in [0.29, 0.717) is 6.04 Å². The molecule has 3 nitrogen and oxygen atoms in total. The lowest BCUT2D eigenvalue weighted by atomic mass is 9.84. The fraction of sp³-hybridized carbons (Fsp3) is 1.00. The van der Waals surface area contributed by atoms with Gasteiger partial charge in [-0.15, -0.1) is 0 Å². The van der Waals surface area contributed by atoms with Gasteiger partial charge in [0.05, 0.1) is 5.60 Å². The van der Waals surface area contributed by atoms with Crippen LogP contribution < -0.4 is 5.32 Å². The van der Waals surface area contributed by atoms with E-state index in [4.69, 9.17) is 9.47 Å². The minimum absolute atomic E-state index is 0.143. The van der Waals surface area contributed by atoms with Crippen LogP contribution in [0.5, 0.6) is 0 Å². The number of nitrogens with one attached hydrogen (secondary N) is 1. The summed E-state index contributed by atoms with van der Waals surface area (Å²) in [6.07, 6.45) is 10.5. The highest BCUT2D eigenvalue weighted by molar-refractivity contribution is 5.05. The van der Waals surface area contributed by atoms with Crippen LogP contribution in [0.3, 0.4) is 0 Å². The molecule has 2 aliphatic heterocycles. The van der Waals surface area contributed by atoms with E-state index in [9.17, 15) is 0 Å². The number of hydrogen-bond donors (Lipinski definition) is 1. The molecule has 0 aromatic heterocycles. The molecular formula is C16H27NO2. The molecule has 108 valence electrons. The molecule has 1 unspecified atom stereocenters. The Hall–Kier alpha value is -0.120. The van der Waals surface area contributed by atoms with Crippen LogP contribution >= 0.6 is 0 Å². The lowest BCUT2D eigenvalue weighted by molar-refractivity contribution is -0.140. The highest BCUT2D eigenvalue weighted by atomic mass is 16.5. The molecular weight excluding hydrogens is 238 g/mol. The van der Waals surface area contributed by atoms with Crippen molar-refractivity contribution in [2.45, 2.75) is 63.0 Å². The third-order valence-electron chi connectivity index (χ3n) is 5.98. The second-order valence-electron chi connectivity index (χ2n) is 7.35. The Morgan fingerprint density at radius 3 is 2.42 bits per heavy atom. The Morgan fingerprint density at radius 1 is 0.947 bits per heavy atom. The van der Waals surface area contributed by atoms with Gasteiger partial charge >= 0.3 is 0 Å². The molecule has 0 amide bonds. The molecule has 1 spiro atoms. The van der Waals surface area contributed by atoms with Crippen LogP contribution in [0, 0.1) is 11.3 Å². The van der Waals surface area contributed by atoms with Crippen LogP contribution in [0.4, 0.5) is 0 Å². The minimum atomic E-state index is 0.143. The fourth-order valence-corrected chi connectivity index (χ4v) is 4.23. The average molecular weight is 265 g/mol. The lowest BCUT2D eigenvalue weighted by Crippen LogP contribution is -2.50. The number of hydrogen-bond acceptors (Lipinski definition) is 3. The molecule has 4 aliphatic rings. The van der Waals surface area contributed by atoms with Gasteiger partial charge in [0.1, 0.15) is 0 Å². The molecule has 0 radical (unpaired) electrons. The van der Waals surface area contributed by atoms with Gasteiger partial charge in [-0.25, -0.2) is 0 Å².